The molecule has 0 fully saturated rings. The van der Waals surface area contributed by atoms with Crippen LogP contribution in [0.4, 0.5) is 15.8 Å². The molecule has 0 saturated heterocycles. The van der Waals surface area contributed by atoms with Crippen molar-refractivity contribution in [3.63, 3.8) is 0 Å². The molecule has 0 aliphatic heterocycles. The standard InChI is InChI=1S/C23H19FN6OS2/c1-29(2)17-9-7-16(8-10-17)26-19(31)12-33-23-28-27-21-20-18(14-3-5-15(24)6-4-14)11-32-22(20)25-13-30(21)23/h3-11,13H,12H2,1-2H3,(H,26,31). The van der Waals surface area contributed by atoms with Crippen molar-refractivity contribution in [3.05, 3.63) is 66.1 Å². The number of anilines is 2. The van der Waals surface area contributed by atoms with Gasteiger partial charge < -0.3 is 10.2 Å². The van der Waals surface area contributed by atoms with Gasteiger partial charge in [-0.2, -0.15) is 0 Å². The lowest BCUT2D eigenvalue weighted by molar-refractivity contribution is -0.113. The molecule has 5 aromatic rings. The number of aromatic nitrogens is 4. The molecule has 166 valence electrons. The first-order valence-corrected chi connectivity index (χ1v) is 11.9. The summed E-state index contributed by atoms with van der Waals surface area (Å²) in [5.41, 5.74) is 4.26. The van der Waals surface area contributed by atoms with Gasteiger partial charge >= 0.3 is 0 Å². The van der Waals surface area contributed by atoms with Crippen LogP contribution in [0, 0.1) is 5.82 Å². The van der Waals surface area contributed by atoms with E-state index in [0.717, 1.165) is 32.7 Å². The van der Waals surface area contributed by atoms with E-state index in [1.165, 1.54) is 35.2 Å². The van der Waals surface area contributed by atoms with Crippen molar-refractivity contribution in [2.45, 2.75) is 5.16 Å². The van der Waals surface area contributed by atoms with Crippen LogP contribution in [0.2, 0.25) is 0 Å². The molecule has 0 atom stereocenters. The Morgan fingerprint density at radius 1 is 1.12 bits per heavy atom. The second kappa shape index (κ2) is 8.80. The SMILES string of the molecule is CN(C)c1ccc(NC(=O)CSc2nnc3c4c(-c5ccc(F)cc5)csc4ncn23)cc1. The van der Waals surface area contributed by atoms with Crippen LogP contribution in [-0.2, 0) is 4.79 Å². The van der Waals surface area contributed by atoms with Gasteiger partial charge in [0.25, 0.3) is 0 Å². The second-order valence-corrected chi connectivity index (χ2v) is 9.34. The normalized spacial score (nSPS) is 11.2. The number of nitrogens with zero attached hydrogens (tertiary/aromatic N) is 5. The number of carbonyl (C=O) groups is 1. The molecule has 0 radical (unpaired) electrons. The summed E-state index contributed by atoms with van der Waals surface area (Å²) in [5, 5.41) is 15.0. The lowest BCUT2D eigenvalue weighted by Crippen LogP contribution is -2.14. The molecular formula is C23H19FN6OS2. The number of benzene rings is 2. The second-order valence-electron chi connectivity index (χ2n) is 7.54. The number of rotatable bonds is 6. The van der Waals surface area contributed by atoms with Crippen molar-refractivity contribution < 1.29 is 9.18 Å². The molecule has 0 unspecified atom stereocenters. The fourth-order valence-electron chi connectivity index (χ4n) is 3.43. The quantitative estimate of drug-likeness (QED) is 0.349. The van der Waals surface area contributed by atoms with Gasteiger partial charge in [-0.05, 0) is 42.0 Å². The van der Waals surface area contributed by atoms with E-state index in [9.17, 15) is 9.18 Å². The van der Waals surface area contributed by atoms with Crippen LogP contribution in [0.3, 0.4) is 0 Å². The van der Waals surface area contributed by atoms with E-state index in [2.05, 4.69) is 20.5 Å². The minimum Gasteiger partial charge on any atom is -0.378 e. The lowest BCUT2D eigenvalue weighted by Gasteiger charge is -2.12. The maximum Gasteiger partial charge on any atom is 0.234 e. The Kier molecular flexibility index (Phi) is 5.69. The molecule has 0 aliphatic carbocycles. The van der Waals surface area contributed by atoms with Crippen LogP contribution in [0.15, 0.2) is 65.4 Å². The molecule has 2 aromatic carbocycles. The zero-order chi connectivity index (χ0) is 22.9. The first kappa shape index (κ1) is 21.4. The number of carbonyl (C=O) groups excluding carboxylic acids is 1. The largest absolute Gasteiger partial charge is 0.378 e. The highest BCUT2D eigenvalue weighted by atomic mass is 32.2. The fourth-order valence-corrected chi connectivity index (χ4v) is 5.05. The van der Waals surface area contributed by atoms with Crippen molar-refractivity contribution in [2.75, 3.05) is 30.1 Å². The van der Waals surface area contributed by atoms with Crippen LogP contribution in [0.5, 0.6) is 0 Å². The molecule has 0 saturated carbocycles. The zero-order valence-electron chi connectivity index (χ0n) is 17.8. The smallest absolute Gasteiger partial charge is 0.234 e. The van der Waals surface area contributed by atoms with Gasteiger partial charge in [-0.1, -0.05) is 23.9 Å². The van der Waals surface area contributed by atoms with E-state index in [0.29, 0.717) is 10.8 Å². The topological polar surface area (TPSA) is 75.4 Å². The third-order valence-electron chi connectivity index (χ3n) is 5.11. The summed E-state index contributed by atoms with van der Waals surface area (Å²) >= 11 is 2.79. The lowest BCUT2D eigenvalue weighted by atomic mass is 10.1. The van der Waals surface area contributed by atoms with Gasteiger partial charge in [0.2, 0.25) is 5.91 Å². The number of fused-ring (bicyclic) bond motifs is 3. The molecule has 0 spiro atoms. The Hall–Kier alpha value is -3.50. The highest BCUT2D eigenvalue weighted by Crippen LogP contribution is 2.35. The predicted molar refractivity (Wildman–Crippen MR) is 132 cm³/mol. The number of nitrogens with one attached hydrogen (secondary N) is 1. The number of thiophene rings is 1. The summed E-state index contributed by atoms with van der Waals surface area (Å²) in [6.07, 6.45) is 1.67. The third kappa shape index (κ3) is 4.27. The van der Waals surface area contributed by atoms with Crippen molar-refractivity contribution in [1.29, 1.82) is 0 Å². The van der Waals surface area contributed by atoms with Gasteiger partial charge in [-0.3, -0.25) is 9.20 Å². The molecule has 10 heteroatoms. The molecular weight excluding hydrogens is 459 g/mol. The van der Waals surface area contributed by atoms with Gasteiger partial charge in [0.1, 0.15) is 17.0 Å². The Bertz CT molecular complexity index is 1440. The van der Waals surface area contributed by atoms with E-state index >= 15 is 0 Å². The number of hydrogen-bond acceptors (Lipinski definition) is 7. The summed E-state index contributed by atoms with van der Waals surface area (Å²) in [4.78, 5) is 19.8. The van der Waals surface area contributed by atoms with Crippen LogP contribution < -0.4 is 10.2 Å². The van der Waals surface area contributed by atoms with Crippen molar-refractivity contribution in [3.8, 4) is 11.1 Å². The number of thioether (sulfide) groups is 1. The first-order valence-electron chi connectivity index (χ1n) is 10.1. The molecule has 5 rings (SSSR count). The highest BCUT2D eigenvalue weighted by Gasteiger charge is 2.17. The van der Waals surface area contributed by atoms with Gasteiger partial charge in [0, 0.05) is 36.4 Å². The molecule has 33 heavy (non-hydrogen) atoms. The van der Waals surface area contributed by atoms with E-state index in [1.807, 2.05) is 48.6 Å². The third-order valence-corrected chi connectivity index (χ3v) is 6.93. The number of halogens is 1. The minimum atomic E-state index is -0.283. The summed E-state index contributed by atoms with van der Waals surface area (Å²) in [6.45, 7) is 0. The van der Waals surface area contributed by atoms with Crippen molar-refractivity contribution in [1.82, 2.24) is 19.6 Å². The van der Waals surface area contributed by atoms with Crippen LogP contribution in [-0.4, -0.2) is 45.3 Å². The maximum atomic E-state index is 13.4. The first-order chi connectivity index (χ1) is 16.0. The Labute approximate surface area is 197 Å². The van der Waals surface area contributed by atoms with Gasteiger partial charge in [-0.15, -0.1) is 21.5 Å². The van der Waals surface area contributed by atoms with Gasteiger partial charge in [0.05, 0.1) is 11.1 Å². The molecule has 3 aromatic heterocycles. The van der Waals surface area contributed by atoms with E-state index < -0.39 is 0 Å². The number of amides is 1. The monoisotopic (exact) mass is 478 g/mol. The van der Waals surface area contributed by atoms with Crippen LogP contribution in [0.1, 0.15) is 0 Å². The molecule has 0 aliphatic rings. The molecule has 1 N–H and O–H groups in total. The van der Waals surface area contributed by atoms with E-state index in [4.69, 9.17) is 0 Å². The van der Waals surface area contributed by atoms with Gasteiger partial charge in [0.15, 0.2) is 10.8 Å². The fraction of sp³-hybridized carbons (Fsp3) is 0.130. The summed E-state index contributed by atoms with van der Waals surface area (Å²) in [7, 11) is 3.93. The molecule has 1 amide bonds. The zero-order valence-corrected chi connectivity index (χ0v) is 19.5. The highest BCUT2D eigenvalue weighted by molar-refractivity contribution is 7.99. The van der Waals surface area contributed by atoms with Crippen LogP contribution in [0.25, 0.3) is 27.0 Å². The predicted octanol–water partition coefficient (Wildman–Crippen LogP) is 4.94. The molecule has 0 bridgehead atoms. The summed E-state index contributed by atoms with van der Waals surface area (Å²) < 4.78 is 15.1. The Balaban J connectivity index is 1.36. The Morgan fingerprint density at radius 2 is 1.88 bits per heavy atom. The maximum absolute atomic E-state index is 13.4. The van der Waals surface area contributed by atoms with E-state index in [1.54, 1.807) is 22.9 Å². The van der Waals surface area contributed by atoms with Gasteiger partial charge in [-0.25, -0.2) is 9.37 Å². The summed E-state index contributed by atoms with van der Waals surface area (Å²) in [5.74, 6) is -0.233. The summed E-state index contributed by atoms with van der Waals surface area (Å²) in [6, 6.07) is 14.0. The molecule has 7 nitrogen and oxygen atoms in total. The average Bonchev–Trinajstić information content (AvgIpc) is 3.42. The van der Waals surface area contributed by atoms with Crippen molar-refractivity contribution in [2.24, 2.45) is 0 Å². The number of hydrogen-bond donors (Lipinski definition) is 1. The minimum absolute atomic E-state index is 0.133. The molecule has 3 heterocycles. The van der Waals surface area contributed by atoms with E-state index in [-0.39, 0.29) is 17.5 Å². The van der Waals surface area contributed by atoms with Crippen LogP contribution >= 0.6 is 23.1 Å². The van der Waals surface area contributed by atoms with Crippen molar-refractivity contribution >= 4 is 56.2 Å². The average molecular weight is 479 g/mol. The Morgan fingerprint density at radius 3 is 2.61 bits per heavy atom.